The largest absolute Gasteiger partial charge is 0.512 e. The normalized spacial score (nSPS) is 24.4. The van der Waals surface area contributed by atoms with Crippen molar-refractivity contribution in [1.82, 2.24) is 0 Å². The lowest BCUT2D eigenvalue weighted by Gasteiger charge is -2.10. The molecule has 1 aliphatic rings. The average molecular weight is 152 g/mol. The first-order valence-corrected chi connectivity index (χ1v) is 2.84. The molecule has 0 unspecified atom stereocenters. The molecule has 0 bridgehead atoms. The Balaban J connectivity index is 2.54. The van der Waals surface area contributed by atoms with E-state index in [1.165, 1.54) is 0 Å². The van der Waals surface area contributed by atoms with E-state index in [0.717, 1.165) is 0 Å². The molecule has 58 valence electrons. The van der Waals surface area contributed by atoms with Crippen molar-refractivity contribution < 1.29 is 23.0 Å². The molecule has 0 atom stereocenters. The van der Waals surface area contributed by atoms with Gasteiger partial charge < -0.3 is 9.47 Å². The van der Waals surface area contributed by atoms with Crippen molar-refractivity contribution >= 4 is 6.16 Å². The van der Waals surface area contributed by atoms with Crippen LogP contribution in [0.1, 0.15) is 12.8 Å². The summed E-state index contributed by atoms with van der Waals surface area (Å²) in [5.41, 5.74) is 0. The van der Waals surface area contributed by atoms with Gasteiger partial charge in [-0.05, 0) is 6.42 Å². The van der Waals surface area contributed by atoms with Crippen molar-refractivity contribution in [3.63, 3.8) is 0 Å². The number of hydrogen-bond acceptors (Lipinski definition) is 3. The molecule has 10 heavy (non-hydrogen) atoms. The number of rotatable bonds is 0. The van der Waals surface area contributed by atoms with Crippen molar-refractivity contribution in [3.8, 4) is 0 Å². The van der Waals surface area contributed by atoms with Crippen LogP contribution in [0.4, 0.5) is 13.6 Å². The summed E-state index contributed by atoms with van der Waals surface area (Å²) in [6.45, 7) is 0.00836. The first-order chi connectivity index (χ1) is 4.60. The fraction of sp³-hybridized carbons (Fsp3) is 0.800. The fourth-order valence-corrected chi connectivity index (χ4v) is 0.636. The molecule has 1 heterocycles. The maximum atomic E-state index is 12.2. The summed E-state index contributed by atoms with van der Waals surface area (Å²) >= 11 is 0. The van der Waals surface area contributed by atoms with Gasteiger partial charge in [0.05, 0.1) is 13.0 Å². The first kappa shape index (κ1) is 7.24. The molecule has 3 nitrogen and oxygen atoms in total. The molecule has 0 radical (unpaired) electrons. The summed E-state index contributed by atoms with van der Waals surface area (Å²) in [4.78, 5) is 10.2. The summed E-state index contributed by atoms with van der Waals surface area (Å²) in [5, 5.41) is 0. The van der Waals surface area contributed by atoms with Crippen LogP contribution in [0.25, 0.3) is 0 Å². The van der Waals surface area contributed by atoms with E-state index < -0.39 is 18.7 Å². The van der Waals surface area contributed by atoms with Crippen molar-refractivity contribution in [2.24, 2.45) is 0 Å². The van der Waals surface area contributed by atoms with E-state index in [9.17, 15) is 13.6 Å². The lowest BCUT2D eigenvalue weighted by Crippen LogP contribution is -2.21. The Hall–Kier alpha value is -0.870. The van der Waals surface area contributed by atoms with Crippen LogP contribution in [-0.4, -0.2) is 18.9 Å². The van der Waals surface area contributed by atoms with Gasteiger partial charge in [-0.2, -0.15) is 8.78 Å². The number of cyclic esters (lactones) is 2. The molecule has 0 N–H and O–H groups in total. The molecule has 1 aliphatic heterocycles. The smallest absolute Gasteiger partial charge is 0.434 e. The number of carbonyl (C=O) groups excluding carboxylic acids is 1. The summed E-state index contributed by atoms with van der Waals surface area (Å²) in [5.74, 6) is 0. The zero-order valence-electron chi connectivity index (χ0n) is 5.10. The van der Waals surface area contributed by atoms with E-state index in [1.54, 1.807) is 0 Å². The first-order valence-electron chi connectivity index (χ1n) is 2.84. The molecule has 1 saturated heterocycles. The molecule has 0 spiro atoms. The van der Waals surface area contributed by atoms with Crippen molar-refractivity contribution in [3.05, 3.63) is 0 Å². The van der Waals surface area contributed by atoms with Crippen LogP contribution in [0.15, 0.2) is 0 Å². The minimum absolute atomic E-state index is 0.00836. The summed E-state index contributed by atoms with van der Waals surface area (Å²) in [7, 11) is 0. The quantitative estimate of drug-likeness (QED) is 0.493. The van der Waals surface area contributed by atoms with Crippen LogP contribution in [0.3, 0.4) is 0 Å². The highest BCUT2D eigenvalue weighted by atomic mass is 19.3. The minimum atomic E-state index is -3.34. The van der Waals surface area contributed by atoms with Gasteiger partial charge >= 0.3 is 12.3 Å². The van der Waals surface area contributed by atoms with Gasteiger partial charge in [-0.1, -0.05) is 0 Å². The Bertz CT molecular complexity index is 146. The minimum Gasteiger partial charge on any atom is -0.434 e. The van der Waals surface area contributed by atoms with E-state index in [2.05, 4.69) is 9.47 Å². The third-order valence-corrected chi connectivity index (χ3v) is 1.06. The zero-order chi connectivity index (χ0) is 7.61. The van der Waals surface area contributed by atoms with Crippen LogP contribution < -0.4 is 0 Å². The monoisotopic (exact) mass is 152 g/mol. The van der Waals surface area contributed by atoms with E-state index in [0.29, 0.717) is 0 Å². The average Bonchev–Trinajstić information content (AvgIpc) is 1.90. The van der Waals surface area contributed by atoms with Crippen LogP contribution in [-0.2, 0) is 9.47 Å². The number of hydrogen-bond donors (Lipinski definition) is 0. The Morgan fingerprint density at radius 1 is 1.50 bits per heavy atom. The fourth-order valence-electron chi connectivity index (χ4n) is 0.636. The van der Waals surface area contributed by atoms with Gasteiger partial charge in [-0.15, -0.1) is 0 Å². The molecule has 0 aromatic heterocycles. The van der Waals surface area contributed by atoms with Gasteiger partial charge in [0.15, 0.2) is 0 Å². The molecule has 0 aromatic rings. The van der Waals surface area contributed by atoms with E-state index >= 15 is 0 Å². The third kappa shape index (κ3) is 1.82. The maximum Gasteiger partial charge on any atom is 0.512 e. The molecular formula is C5H6F2O3. The van der Waals surface area contributed by atoms with Gasteiger partial charge in [0.25, 0.3) is 0 Å². The second kappa shape index (κ2) is 2.40. The van der Waals surface area contributed by atoms with Crippen LogP contribution in [0.5, 0.6) is 0 Å². The van der Waals surface area contributed by atoms with Gasteiger partial charge in [0, 0.05) is 0 Å². The molecule has 1 fully saturated rings. The van der Waals surface area contributed by atoms with E-state index in [1.807, 2.05) is 0 Å². The van der Waals surface area contributed by atoms with Crippen molar-refractivity contribution in [2.75, 3.05) is 6.61 Å². The molecule has 0 saturated carbocycles. The lowest BCUT2D eigenvalue weighted by atomic mass is 10.3. The molecule has 5 heteroatoms. The predicted octanol–water partition coefficient (Wildman–Crippen LogP) is 1.53. The predicted molar refractivity (Wildman–Crippen MR) is 26.6 cm³/mol. The van der Waals surface area contributed by atoms with Crippen LogP contribution >= 0.6 is 0 Å². The van der Waals surface area contributed by atoms with Gasteiger partial charge in [0.2, 0.25) is 0 Å². The highest BCUT2D eigenvalue weighted by molar-refractivity contribution is 5.60. The summed E-state index contributed by atoms with van der Waals surface area (Å²) < 4.78 is 32.2. The highest BCUT2D eigenvalue weighted by Crippen LogP contribution is 2.24. The molecular weight excluding hydrogens is 146 g/mol. The second-order valence-electron chi connectivity index (χ2n) is 1.94. The topological polar surface area (TPSA) is 35.5 Å². The van der Waals surface area contributed by atoms with Gasteiger partial charge in [-0.25, -0.2) is 4.79 Å². The maximum absolute atomic E-state index is 12.2. The second-order valence-corrected chi connectivity index (χ2v) is 1.94. The number of carbonyl (C=O) groups is 1. The summed E-state index contributed by atoms with van der Waals surface area (Å²) in [6.07, 6.45) is -4.95. The number of halogens is 2. The van der Waals surface area contributed by atoms with Gasteiger partial charge in [-0.3, -0.25) is 0 Å². The van der Waals surface area contributed by atoms with Crippen LogP contribution in [0.2, 0.25) is 0 Å². The van der Waals surface area contributed by atoms with E-state index in [4.69, 9.17) is 0 Å². The van der Waals surface area contributed by atoms with Gasteiger partial charge in [0.1, 0.15) is 0 Å². The Labute approximate surface area is 55.9 Å². The summed E-state index contributed by atoms with van der Waals surface area (Å²) in [6, 6.07) is 0. The zero-order valence-corrected chi connectivity index (χ0v) is 5.10. The van der Waals surface area contributed by atoms with E-state index in [-0.39, 0.29) is 13.0 Å². The highest BCUT2D eigenvalue weighted by Gasteiger charge is 2.36. The molecule has 0 amide bonds. The standard InChI is InChI=1S/C5H6F2O3/c6-5(7)2-1-3-9-4(8)10-5/h1-3H2. The molecule has 0 aliphatic carbocycles. The lowest BCUT2D eigenvalue weighted by molar-refractivity contribution is -0.204. The third-order valence-electron chi connectivity index (χ3n) is 1.06. The number of alkyl halides is 2. The molecule has 0 aromatic carbocycles. The number of ether oxygens (including phenoxy) is 2. The van der Waals surface area contributed by atoms with Crippen LogP contribution in [0, 0.1) is 0 Å². The van der Waals surface area contributed by atoms with Crippen molar-refractivity contribution in [1.29, 1.82) is 0 Å². The Kier molecular flexibility index (Phi) is 1.74. The SMILES string of the molecule is O=C1OCCCC(F)(F)O1. The van der Waals surface area contributed by atoms with Crippen molar-refractivity contribution in [2.45, 2.75) is 19.0 Å². The molecule has 1 rings (SSSR count). The Morgan fingerprint density at radius 2 is 2.20 bits per heavy atom. The Morgan fingerprint density at radius 3 is 2.90 bits per heavy atom.